The van der Waals surface area contributed by atoms with Gasteiger partial charge in [0.25, 0.3) is 4.96 Å². The molecular weight excluding hydrogens is 336 g/mol. The molecule has 3 heterocycles. The Morgan fingerprint density at radius 1 is 1.48 bits per heavy atom. The van der Waals surface area contributed by atoms with Crippen LogP contribution in [-0.4, -0.2) is 30.4 Å². The van der Waals surface area contributed by atoms with Crippen LogP contribution in [-0.2, 0) is 11.2 Å². The Morgan fingerprint density at radius 2 is 2.29 bits per heavy atom. The number of carboxylic acids is 1. The molecule has 0 aromatic carbocycles. The van der Waals surface area contributed by atoms with Crippen molar-refractivity contribution in [3.05, 3.63) is 32.8 Å². The first kappa shape index (κ1) is 14.0. The van der Waals surface area contributed by atoms with Crippen LogP contribution in [0.15, 0.2) is 26.3 Å². The lowest BCUT2D eigenvalue weighted by Crippen LogP contribution is -1.99. The van der Waals surface area contributed by atoms with Crippen LogP contribution in [0, 0.1) is 10.1 Å². The van der Waals surface area contributed by atoms with E-state index < -0.39 is 10.9 Å². The van der Waals surface area contributed by atoms with E-state index in [2.05, 4.69) is 9.97 Å². The van der Waals surface area contributed by atoms with Crippen molar-refractivity contribution in [1.82, 2.24) is 14.4 Å². The Hall–Kier alpha value is -1.98. The zero-order chi connectivity index (χ0) is 15.0. The fraction of sp³-hybridized carbons (Fsp3) is 0.100. The van der Waals surface area contributed by atoms with Crippen LogP contribution in [0.5, 0.6) is 0 Å². The lowest BCUT2D eigenvalue weighted by Gasteiger charge is -1.95. The van der Waals surface area contributed by atoms with E-state index in [0.717, 1.165) is 11.8 Å². The summed E-state index contributed by atoms with van der Waals surface area (Å²) in [7, 11) is 0. The molecule has 0 fully saturated rings. The van der Waals surface area contributed by atoms with Gasteiger partial charge in [0.15, 0.2) is 4.34 Å². The van der Waals surface area contributed by atoms with E-state index in [0.29, 0.717) is 15.0 Å². The number of imidazole rings is 1. The Morgan fingerprint density at radius 3 is 3.00 bits per heavy atom. The molecule has 3 aromatic rings. The highest BCUT2D eigenvalue weighted by Crippen LogP contribution is 2.37. The number of carbonyl (C=O) groups is 1. The Labute approximate surface area is 129 Å². The predicted molar refractivity (Wildman–Crippen MR) is 77.3 cm³/mol. The van der Waals surface area contributed by atoms with E-state index in [1.807, 2.05) is 0 Å². The van der Waals surface area contributed by atoms with E-state index in [1.165, 1.54) is 27.1 Å². The molecule has 0 radical (unpaired) electrons. The number of nitrogens with zero attached hydrogens (tertiary/aromatic N) is 4. The summed E-state index contributed by atoms with van der Waals surface area (Å²) in [4.78, 5) is 30.2. The first-order valence-corrected chi connectivity index (χ1v) is 8.06. The molecule has 0 aliphatic heterocycles. The van der Waals surface area contributed by atoms with Gasteiger partial charge in [-0.3, -0.25) is 4.79 Å². The standard InChI is InChI=1S/C10H6N4O4S3/c15-6(16)3-5-4-20-10(11-5)21-7-8(14(17)18)13-1-2-19-9(13)12-7/h1-2,4H,3H2,(H,15,16). The maximum atomic E-state index is 11.2. The first-order chi connectivity index (χ1) is 10.0. The van der Waals surface area contributed by atoms with Gasteiger partial charge < -0.3 is 15.2 Å². The molecule has 3 aromatic heterocycles. The molecule has 0 unspecified atom stereocenters. The van der Waals surface area contributed by atoms with Gasteiger partial charge in [0.1, 0.15) is 6.20 Å². The molecule has 0 spiro atoms. The Balaban J connectivity index is 1.92. The van der Waals surface area contributed by atoms with Crippen molar-refractivity contribution in [2.24, 2.45) is 0 Å². The van der Waals surface area contributed by atoms with Crippen LogP contribution < -0.4 is 0 Å². The maximum absolute atomic E-state index is 11.2. The third kappa shape index (κ3) is 2.75. The van der Waals surface area contributed by atoms with Crippen molar-refractivity contribution >= 4 is 51.2 Å². The number of aliphatic carboxylic acids is 1. The molecule has 0 saturated carbocycles. The van der Waals surface area contributed by atoms with E-state index in [1.54, 1.807) is 17.0 Å². The van der Waals surface area contributed by atoms with Gasteiger partial charge in [-0.05, 0) is 16.7 Å². The number of hydrogen-bond donors (Lipinski definition) is 1. The van der Waals surface area contributed by atoms with E-state index in [4.69, 9.17) is 5.11 Å². The van der Waals surface area contributed by atoms with E-state index >= 15 is 0 Å². The summed E-state index contributed by atoms with van der Waals surface area (Å²) in [6.07, 6.45) is 1.42. The van der Waals surface area contributed by atoms with Crippen LogP contribution >= 0.6 is 34.4 Å². The largest absolute Gasteiger partial charge is 0.481 e. The molecule has 1 N–H and O–H groups in total. The number of nitro groups is 1. The molecule has 3 rings (SSSR count). The van der Waals surface area contributed by atoms with Crippen molar-refractivity contribution in [1.29, 1.82) is 0 Å². The lowest BCUT2D eigenvalue weighted by molar-refractivity contribution is -0.393. The predicted octanol–water partition coefficient (Wildman–Crippen LogP) is 2.54. The fourth-order valence-electron chi connectivity index (χ4n) is 1.64. The van der Waals surface area contributed by atoms with Crippen molar-refractivity contribution in [2.45, 2.75) is 15.8 Å². The zero-order valence-corrected chi connectivity index (χ0v) is 12.6. The summed E-state index contributed by atoms with van der Waals surface area (Å²) in [6.45, 7) is 0. The van der Waals surface area contributed by atoms with Crippen molar-refractivity contribution in [3.63, 3.8) is 0 Å². The third-order valence-corrected chi connectivity index (χ3v) is 5.14. The SMILES string of the molecule is O=C(O)Cc1csc(Sc2nc3sccn3c2[N+](=O)[O-])n1. The van der Waals surface area contributed by atoms with Gasteiger partial charge in [-0.1, -0.05) is 11.3 Å². The van der Waals surface area contributed by atoms with Crippen LogP contribution in [0.3, 0.4) is 0 Å². The first-order valence-electron chi connectivity index (χ1n) is 5.48. The maximum Gasteiger partial charge on any atom is 0.363 e. The van der Waals surface area contributed by atoms with Gasteiger partial charge in [0.05, 0.1) is 12.1 Å². The normalized spacial score (nSPS) is 11.0. The van der Waals surface area contributed by atoms with Crippen molar-refractivity contribution in [2.75, 3.05) is 0 Å². The molecule has 11 heteroatoms. The highest BCUT2D eigenvalue weighted by Gasteiger charge is 2.25. The Bertz CT molecular complexity index is 836. The number of hydrogen-bond acceptors (Lipinski definition) is 8. The molecule has 0 aliphatic rings. The van der Waals surface area contributed by atoms with Crippen LogP contribution in [0.25, 0.3) is 4.96 Å². The molecule has 108 valence electrons. The summed E-state index contributed by atoms with van der Waals surface area (Å²) in [6, 6.07) is 0. The van der Waals surface area contributed by atoms with Gasteiger partial charge in [-0.15, -0.1) is 11.3 Å². The van der Waals surface area contributed by atoms with Crippen LogP contribution in [0.2, 0.25) is 0 Å². The monoisotopic (exact) mass is 342 g/mol. The minimum Gasteiger partial charge on any atom is -0.481 e. The quantitative estimate of drug-likeness (QED) is 0.560. The van der Waals surface area contributed by atoms with Crippen molar-refractivity contribution in [3.8, 4) is 0 Å². The molecule has 21 heavy (non-hydrogen) atoms. The van der Waals surface area contributed by atoms with Gasteiger partial charge in [-0.2, -0.15) is 9.38 Å². The number of carboxylic acid groups (broad SMARTS) is 1. The van der Waals surface area contributed by atoms with E-state index in [9.17, 15) is 14.9 Å². The summed E-state index contributed by atoms with van der Waals surface area (Å²) in [5, 5.41) is 23.5. The number of rotatable bonds is 5. The minimum atomic E-state index is -0.967. The second-order valence-corrected chi connectivity index (χ2v) is 6.80. The third-order valence-electron chi connectivity index (χ3n) is 2.43. The molecule has 0 aliphatic carbocycles. The molecule has 0 bridgehead atoms. The van der Waals surface area contributed by atoms with Crippen LogP contribution in [0.1, 0.15) is 5.69 Å². The molecule has 8 nitrogen and oxygen atoms in total. The van der Waals surface area contributed by atoms with Crippen molar-refractivity contribution < 1.29 is 14.8 Å². The highest BCUT2D eigenvalue weighted by molar-refractivity contribution is 8.01. The number of aromatic nitrogens is 3. The molecule has 0 amide bonds. The lowest BCUT2D eigenvalue weighted by atomic mass is 10.3. The number of thiazole rings is 2. The summed E-state index contributed by atoms with van der Waals surface area (Å²) < 4.78 is 1.94. The topological polar surface area (TPSA) is 111 Å². The zero-order valence-electron chi connectivity index (χ0n) is 10.1. The summed E-state index contributed by atoms with van der Waals surface area (Å²) in [5.74, 6) is -1.07. The highest BCUT2D eigenvalue weighted by atomic mass is 32.2. The average Bonchev–Trinajstić information content (AvgIpc) is 3.04. The smallest absolute Gasteiger partial charge is 0.363 e. The van der Waals surface area contributed by atoms with Crippen LogP contribution in [0.4, 0.5) is 5.82 Å². The average molecular weight is 342 g/mol. The van der Waals surface area contributed by atoms with Gasteiger partial charge in [0, 0.05) is 10.8 Å². The van der Waals surface area contributed by atoms with E-state index in [-0.39, 0.29) is 17.3 Å². The van der Waals surface area contributed by atoms with Gasteiger partial charge in [0.2, 0.25) is 5.03 Å². The fourth-order valence-corrected chi connectivity index (χ4v) is 4.25. The van der Waals surface area contributed by atoms with Gasteiger partial charge >= 0.3 is 11.8 Å². The van der Waals surface area contributed by atoms with Gasteiger partial charge in [-0.25, -0.2) is 4.98 Å². The summed E-state index contributed by atoms with van der Waals surface area (Å²) in [5.41, 5.74) is 0.429. The molecule has 0 saturated heterocycles. The Kier molecular flexibility index (Phi) is 3.61. The second kappa shape index (κ2) is 5.42. The minimum absolute atomic E-state index is 0.105. The second-order valence-electron chi connectivity index (χ2n) is 3.83. The molecule has 0 atom stereocenters. The summed E-state index contributed by atoms with van der Waals surface area (Å²) >= 11 is 3.61. The number of fused-ring (bicyclic) bond motifs is 1. The molecular formula is C10H6N4O4S3.